The molecule has 15 heavy (non-hydrogen) atoms. The molecule has 0 radical (unpaired) electrons. The first-order valence-electron chi connectivity index (χ1n) is 5.63. The Kier molecular flexibility index (Phi) is 2.63. The predicted octanol–water partition coefficient (Wildman–Crippen LogP) is 1.74. The van der Waals surface area contributed by atoms with E-state index in [1.165, 1.54) is 23.8 Å². The van der Waals surface area contributed by atoms with Crippen LogP contribution in [0.15, 0.2) is 11.6 Å². The first-order valence-corrected chi connectivity index (χ1v) is 5.63. The Morgan fingerprint density at radius 3 is 2.60 bits per heavy atom. The third-order valence-electron chi connectivity index (χ3n) is 3.64. The highest BCUT2D eigenvalue weighted by atomic mass is 16.2. The number of nitrogens with zero attached hydrogens (tertiary/aromatic N) is 1. The maximum atomic E-state index is 11.6. The molecular formula is C12H17NO2. The summed E-state index contributed by atoms with van der Waals surface area (Å²) in [6.45, 7) is 4.54. The second-order valence-electron chi connectivity index (χ2n) is 4.75. The summed E-state index contributed by atoms with van der Waals surface area (Å²) in [6, 6.07) is 0. The quantitative estimate of drug-likeness (QED) is 0.647. The molecule has 2 rings (SSSR count). The van der Waals surface area contributed by atoms with Gasteiger partial charge in [0.25, 0.3) is 11.8 Å². The van der Waals surface area contributed by atoms with E-state index in [1.807, 2.05) is 0 Å². The fourth-order valence-electron chi connectivity index (χ4n) is 2.54. The van der Waals surface area contributed by atoms with Gasteiger partial charge in [0.15, 0.2) is 0 Å². The number of amides is 2. The van der Waals surface area contributed by atoms with E-state index >= 15 is 0 Å². The average Bonchev–Trinajstić information content (AvgIpc) is 2.67. The maximum absolute atomic E-state index is 11.6. The van der Waals surface area contributed by atoms with E-state index < -0.39 is 0 Å². The minimum Gasteiger partial charge on any atom is -0.275 e. The maximum Gasteiger partial charge on any atom is 0.256 e. The van der Waals surface area contributed by atoms with Crippen molar-refractivity contribution in [1.29, 1.82) is 0 Å². The number of imide groups is 1. The molecule has 82 valence electrons. The van der Waals surface area contributed by atoms with Crippen LogP contribution in [0.2, 0.25) is 0 Å². The summed E-state index contributed by atoms with van der Waals surface area (Å²) < 4.78 is 0. The normalized spacial score (nSPS) is 31.3. The molecule has 2 unspecified atom stereocenters. The number of hydrogen-bond acceptors (Lipinski definition) is 2. The number of carbonyl (C=O) groups excluding carboxylic acids is 2. The second kappa shape index (κ2) is 3.80. The summed E-state index contributed by atoms with van der Waals surface area (Å²) in [4.78, 5) is 24.6. The molecule has 3 heteroatoms. The zero-order chi connectivity index (χ0) is 11.0. The lowest BCUT2D eigenvalue weighted by Crippen LogP contribution is -2.36. The molecule has 1 aliphatic heterocycles. The van der Waals surface area contributed by atoms with Gasteiger partial charge in [-0.25, -0.2) is 0 Å². The molecule has 2 amide bonds. The van der Waals surface area contributed by atoms with Crippen molar-refractivity contribution in [1.82, 2.24) is 4.90 Å². The number of carbonyl (C=O) groups is 2. The lowest BCUT2D eigenvalue weighted by atomic mass is 9.97. The Hall–Kier alpha value is -1.12. The van der Waals surface area contributed by atoms with Crippen molar-refractivity contribution in [3.05, 3.63) is 11.6 Å². The molecule has 0 bridgehead atoms. The van der Waals surface area contributed by atoms with Crippen LogP contribution in [0.1, 0.15) is 33.1 Å². The summed E-state index contributed by atoms with van der Waals surface area (Å²) in [5.74, 6) is 0.930. The fraction of sp³-hybridized carbons (Fsp3) is 0.667. The van der Waals surface area contributed by atoms with Crippen LogP contribution in [0, 0.1) is 11.8 Å². The van der Waals surface area contributed by atoms with Crippen molar-refractivity contribution in [3.63, 3.8) is 0 Å². The minimum absolute atomic E-state index is 0.0981. The average molecular weight is 207 g/mol. The van der Waals surface area contributed by atoms with E-state index in [-0.39, 0.29) is 11.8 Å². The van der Waals surface area contributed by atoms with Gasteiger partial charge in [0.1, 0.15) is 0 Å². The summed E-state index contributed by atoms with van der Waals surface area (Å²) >= 11 is 0. The van der Waals surface area contributed by atoms with Crippen molar-refractivity contribution >= 4 is 11.8 Å². The largest absolute Gasteiger partial charge is 0.275 e. The van der Waals surface area contributed by atoms with Gasteiger partial charge in [-0.2, -0.15) is 0 Å². The summed E-state index contributed by atoms with van der Waals surface area (Å²) in [7, 11) is 0. The molecule has 1 fully saturated rings. The topological polar surface area (TPSA) is 37.4 Å². The summed E-state index contributed by atoms with van der Waals surface area (Å²) in [6.07, 6.45) is 5.06. The van der Waals surface area contributed by atoms with Crippen molar-refractivity contribution < 1.29 is 9.59 Å². The van der Waals surface area contributed by atoms with Gasteiger partial charge in [-0.1, -0.05) is 19.8 Å². The van der Waals surface area contributed by atoms with Crippen LogP contribution in [0.5, 0.6) is 0 Å². The Labute approximate surface area is 90.1 Å². The monoisotopic (exact) mass is 207 g/mol. The Morgan fingerprint density at radius 2 is 2.13 bits per heavy atom. The van der Waals surface area contributed by atoms with E-state index in [0.717, 1.165) is 6.42 Å². The predicted molar refractivity (Wildman–Crippen MR) is 57.0 cm³/mol. The van der Waals surface area contributed by atoms with Crippen molar-refractivity contribution in [2.75, 3.05) is 6.54 Å². The molecular weight excluding hydrogens is 190 g/mol. The highest BCUT2D eigenvalue weighted by Gasteiger charge is 2.33. The third kappa shape index (κ3) is 1.83. The highest BCUT2D eigenvalue weighted by molar-refractivity contribution is 6.15. The standard InChI is InChI=1S/C12H17NO2/c1-8-4-3-5-10(8)7-13-11(14)6-9(2)12(13)15/h6,8,10H,3-5,7H2,1-2H3. The van der Waals surface area contributed by atoms with Crippen molar-refractivity contribution in [2.24, 2.45) is 11.8 Å². The lowest BCUT2D eigenvalue weighted by Gasteiger charge is -2.22. The molecule has 1 saturated carbocycles. The molecule has 1 heterocycles. The van der Waals surface area contributed by atoms with Gasteiger partial charge in [0.2, 0.25) is 0 Å². The second-order valence-corrected chi connectivity index (χ2v) is 4.75. The van der Waals surface area contributed by atoms with E-state index in [1.54, 1.807) is 6.92 Å². The molecule has 0 aromatic carbocycles. The van der Waals surface area contributed by atoms with Gasteiger partial charge in [-0.05, 0) is 25.2 Å². The third-order valence-corrected chi connectivity index (χ3v) is 3.64. The first-order chi connectivity index (χ1) is 7.09. The molecule has 2 atom stereocenters. The zero-order valence-corrected chi connectivity index (χ0v) is 9.32. The van der Waals surface area contributed by atoms with Gasteiger partial charge < -0.3 is 0 Å². The SMILES string of the molecule is CC1=CC(=O)N(CC2CCCC2C)C1=O. The minimum atomic E-state index is -0.128. The molecule has 3 nitrogen and oxygen atoms in total. The van der Waals surface area contributed by atoms with Crippen LogP contribution in [0.25, 0.3) is 0 Å². The molecule has 0 aromatic heterocycles. The van der Waals surface area contributed by atoms with Crippen molar-refractivity contribution in [3.8, 4) is 0 Å². The van der Waals surface area contributed by atoms with Crippen LogP contribution in [0.3, 0.4) is 0 Å². The number of hydrogen-bond donors (Lipinski definition) is 0. The van der Waals surface area contributed by atoms with Gasteiger partial charge in [-0.3, -0.25) is 14.5 Å². The fourth-order valence-corrected chi connectivity index (χ4v) is 2.54. The molecule has 0 spiro atoms. The van der Waals surface area contributed by atoms with Crippen LogP contribution >= 0.6 is 0 Å². The lowest BCUT2D eigenvalue weighted by molar-refractivity contribution is -0.138. The molecule has 0 N–H and O–H groups in total. The van der Waals surface area contributed by atoms with Crippen LogP contribution in [0.4, 0.5) is 0 Å². The van der Waals surface area contributed by atoms with Gasteiger partial charge in [0, 0.05) is 18.2 Å². The Balaban J connectivity index is 2.01. The number of rotatable bonds is 2. The molecule has 1 aliphatic carbocycles. The van der Waals surface area contributed by atoms with E-state index in [4.69, 9.17) is 0 Å². The van der Waals surface area contributed by atoms with Gasteiger partial charge >= 0.3 is 0 Å². The van der Waals surface area contributed by atoms with E-state index in [2.05, 4.69) is 6.92 Å². The Bertz CT molecular complexity index is 333. The van der Waals surface area contributed by atoms with Crippen molar-refractivity contribution in [2.45, 2.75) is 33.1 Å². The van der Waals surface area contributed by atoms with Gasteiger partial charge in [0.05, 0.1) is 0 Å². The van der Waals surface area contributed by atoms with E-state index in [0.29, 0.717) is 24.0 Å². The van der Waals surface area contributed by atoms with Crippen LogP contribution in [-0.4, -0.2) is 23.3 Å². The molecule has 0 aromatic rings. The van der Waals surface area contributed by atoms with E-state index in [9.17, 15) is 9.59 Å². The summed E-state index contributed by atoms with van der Waals surface area (Å²) in [5.41, 5.74) is 0.575. The molecule has 0 saturated heterocycles. The van der Waals surface area contributed by atoms with Crippen LogP contribution in [-0.2, 0) is 9.59 Å². The van der Waals surface area contributed by atoms with Crippen LogP contribution < -0.4 is 0 Å². The summed E-state index contributed by atoms with van der Waals surface area (Å²) in [5, 5.41) is 0. The molecule has 2 aliphatic rings. The highest BCUT2D eigenvalue weighted by Crippen LogP contribution is 2.32. The van der Waals surface area contributed by atoms with Gasteiger partial charge in [-0.15, -0.1) is 0 Å². The smallest absolute Gasteiger partial charge is 0.256 e. The Morgan fingerprint density at radius 1 is 1.40 bits per heavy atom. The zero-order valence-electron chi connectivity index (χ0n) is 9.32. The first kappa shape index (κ1) is 10.4.